The van der Waals surface area contributed by atoms with Crippen molar-refractivity contribution in [2.75, 3.05) is 50.2 Å². The molecule has 23 heavy (non-hydrogen) atoms. The van der Waals surface area contributed by atoms with E-state index in [1.165, 1.54) is 22.5 Å². The van der Waals surface area contributed by atoms with Gasteiger partial charge in [-0.3, -0.25) is 0 Å². The normalized spacial score (nSPS) is 14.0. The van der Waals surface area contributed by atoms with Crippen LogP contribution in [0.25, 0.3) is 0 Å². The summed E-state index contributed by atoms with van der Waals surface area (Å²) in [6.07, 6.45) is 0. The molecule has 124 valence electrons. The summed E-state index contributed by atoms with van der Waals surface area (Å²) in [6, 6.07) is 17.2. The van der Waals surface area contributed by atoms with Crippen LogP contribution in [0.5, 0.6) is 0 Å². The lowest BCUT2D eigenvalue weighted by molar-refractivity contribution is 0.122. The van der Waals surface area contributed by atoms with Crippen LogP contribution in [-0.4, -0.2) is 40.4 Å². The summed E-state index contributed by atoms with van der Waals surface area (Å²) in [5, 5.41) is 0. The molecule has 0 aliphatic carbocycles. The molecule has 1 aliphatic rings. The molecule has 0 bridgehead atoms. The lowest BCUT2D eigenvalue weighted by Gasteiger charge is -2.28. The van der Waals surface area contributed by atoms with Crippen molar-refractivity contribution < 1.29 is 4.74 Å². The van der Waals surface area contributed by atoms with Crippen LogP contribution in [-0.2, 0) is 4.74 Å². The summed E-state index contributed by atoms with van der Waals surface area (Å²) in [5.41, 5.74) is 5.20. The highest BCUT2D eigenvalue weighted by molar-refractivity contribution is 5.47. The van der Waals surface area contributed by atoms with Gasteiger partial charge in [0.05, 0.1) is 13.2 Å². The number of hydrogen-bond donors (Lipinski definition) is 0. The first-order valence-electron chi connectivity index (χ1n) is 8.19. The van der Waals surface area contributed by atoms with E-state index in [4.69, 9.17) is 4.74 Å². The molecule has 1 fully saturated rings. The number of aryl methyl sites for hydroxylation is 2. The molecule has 0 radical (unpaired) electrons. The zero-order valence-corrected chi connectivity index (χ0v) is 14.7. The number of nitrogens with zero attached hydrogens (tertiary/aromatic N) is 2. The molecule has 3 rings (SSSR count). The zero-order valence-electron chi connectivity index (χ0n) is 14.7. The molecule has 1 aliphatic heterocycles. The van der Waals surface area contributed by atoms with Crippen LogP contribution in [0.3, 0.4) is 0 Å². The van der Waals surface area contributed by atoms with Gasteiger partial charge in [0.2, 0.25) is 0 Å². The average molecular weight is 312 g/mol. The highest BCUT2D eigenvalue weighted by atomic mass is 16.5. The van der Waals surface area contributed by atoms with Gasteiger partial charge in [-0.25, -0.2) is 0 Å². The summed E-state index contributed by atoms with van der Waals surface area (Å²) in [7, 11) is 4.09. The van der Waals surface area contributed by atoms with Gasteiger partial charge < -0.3 is 14.5 Å². The van der Waals surface area contributed by atoms with E-state index in [2.05, 4.69) is 72.2 Å². The van der Waals surface area contributed by atoms with Crippen LogP contribution >= 0.6 is 0 Å². The fourth-order valence-electron chi connectivity index (χ4n) is 2.42. The topological polar surface area (TPSA) is 15.7 Å². The van der Waals surface area contributed by atoms with Gasteiger partial charge in [-0.1, -0.05) is 35.4 Å². The molecule has 2 aromatic rings. The van der Waals surface area contributed by atoms with E-state index < -0.39 is 0 Å². The molecular formula is C20H28N2O. The average Bonchev–Trinajstić information content (AvgIpc) is 2.57. The predicted molar refractivity (Wildman–Crippen MR) is 99.7 cm³/mol. The van der Waals surface area contributed by atoms with E-state index >= 15 is 0 Å². The van der Waals surface area contributed by atoms with Gasteiger partial charge >= 0.3 is 0 Å². The molecule has 0 atom stereocenters. The third kappa shape index (κ3) is 5.61. The third-order valence-corrected chi connectivity index (χ3v) is 3.96. The maximum atomic E-state index is 5.30. The Morgan fingerprint density at radius 3 is 1.74 bits per heavy atom. The van der Waals surface area contributed by atoms with E-state index in [0.717, 1.165) is 26.3 Å². The van der Waals surface area contributed by atoms with Crippen LogP contribution in [0.15, 0.2) is 48.5 Å². The monoisotopic (exact) mass is 312 g/mol. The third-order valence-electron chi connectivity index (χ3n) is 3.96. The molecule has 0 amide bonds. The number of morpholine rings is 1. The van der Waals surface area contributed by atoms with Crippen molar-refractivity contribution in [1.29, 1.82) is 0 Å². The van der Waals surface area contributed by atoms with Crippen LogP contribution in [0.2, 0.25) is 0 Å². The number of hydrogen-bond acceptors (Lipinski definition) is 3. The largest absolute Gasteiger partial charge is 0.378 e. The van der Waals surface area contributed by atoms with Crippen LogP contribution in [0.4, 0.5) is 11.4 Å². The number of anilines is 2. The summed E-state index contributed by atoms with van der Waals surface area (Å²) in [4.78, 5) is 4.46. The van der Waals surface area contributed by atoms with Crippen molar-refractivity contribution in [2.45, 2.75) is 13.8 Å². The van der Waals surface area contributed by atoms with E-state index in [1.54, 1.807) is 0 Å². The Bertz CT molecular complexity index is 570. The van der Waals surface area contributed by atoms with Crippen molar-refractivity contribution in [2.24, 2.45) is 0 Å². The maximum absolute atomic E-state index is 5.30. The summed E-state index contributed by atoms with van der Waals surface area (Å²) < 4.78 is 5.30. The number of benzene rings is 2. The molecule has 1 saturated heterocycles. The molecule has 2 aromatic carbocycles. The highest BCUT2D eigenvalue weighted by Crippen LogP contribution is 2.15. The second-order valence-corrected chi connectivity index (χ2v) is 6.16. The van der Waals surface area contributed by atoms with Gasteiger partial charge in [0.1, 0.15) is 0 Å². The van der Waals surface area contributed by atoms with E-state index in [-0.39, 0.29) is 0 Å². The Hall–Kier alpha value is -2.00. The summed E-state index contributed by atoms with van der Waals surface area (Å²) in [6.45, 7) is 7.95. The number of rotatable bonds is 2. The van der Waals surface area contributed by atoms with Gasteiger partial charge in [0.25, 0.3) is 0 Å². The highest BCUT2D eigenvalue weighted by Gasteiger charge is 2.09. The minimum Gasteiger partial charge on any atom is -0.378 e. The lowest BCUT2D eigenvalue weighted by atomic mass is 10.2. The van der Waals surface area contributed by atoms with Crippen LogP contribution < -0.4 is 9.80 Å². The van der Waals surface area contributed by atoms with E-state index in [1.807, 2.05) is 14.1 Å². The Kier molecular flexibility index (Phi) is 6.48. The molecule has 0 aromatic heterocycles. The second-order valence-electron chi connectivity index (χ2n) is 6.16. The van der Waals surface area contributed by atoms with E-state index in [9.17, 15) is 0 Å². The Balaban J connectivity index is 0.000000174. The van der Waals surface area contributed by atoms with Gasteiger partial charge in [-0.15, -0.1) is 0 Å². The summed E-state index contributed by atoms with van der Waals surface area (Å²) in [5.74, 6) is 0. The van der Waals surface area contributed by atoms with Crippen molar-refractivity contribution in [3.8, 4) is 0 Å². The van der Waals surface area contributed by atoms with Crippen LogP contribution in [0, 0.1) is 13.8 Å². The Labute approximate surface area is 140 Å². The molecular weight excluding hydrogens is 284 g/mol. The molecule has 1 heterocycles. The van der Waals surface area contributed by atoms with Crippen LogP contribution in [0.1, 0.15) is 11.1 Å². The minimum atomic E-state index is 0.855. The van der Waals surface area contributed by atoms with Crippen molar-refractivity contribution >= 4 is 11.4 Å². The Morgan fingerprint density at radius 2 is 1.26 bits per heavy atom. The second kappa shape index (κ2) is 8.59. The van der Waals surface area contributed by atoms with Gasteiger partial charge in [0, 0.05) is 38.6 Å². The number of ether oxygens (including phenoxy) is 1. The summed E-state index contributed by atoms with van der Waals surface area (Å²) >= 11 is 0. The molecule has 0 spiro atoms. The first kappa shape index (κ1) is 17.4. The van der Waals surface area contributed by atoms with Crippen molar-refractivity contribution in [1.82, 2.24) is 0 Å². The minimum absolute atomic E-state index is 0.855. The van der Waals surface area contributed by atoms with Gasteiger partial charge in [-0.05, 0) is 38.1 Å². The molecule has 0 unspecified atom stereocenters. The Morgan fingerprint density at radius 1 is 0.783 bits per heavy atom. The molecule has 3 nitrogen and oxygen atoms in total. The maximum Gasteiger partial charge on any atom is 0.0642 e. The van der Waals surface area contributed by atoms with Gasteiger partial charge in [0.15, 0.2) is 0 Å². The SMILES string of the molecule is Cc1ccc(N(C)C)cc1.Cc1ccc(N2CCOCC2)cc1. The molecule has 0 N–H and O–H groups in total. The van der Waals surface area contributed by atoms with Crippen molar-refractivity contribution in [3.63, 3.8) is 0 Å². The van der Waals surface area contributed by atoms with E-state index in [0.29, 0.717) is 0 Å². The molecule has 0 saturated carbocycles. The first-order chi connectivity index (χ1) is 11.1. The fourth-order valence-corrected chi connectivity index (χ4v) is 2.42. The zero-order chi connectivity index (χ0) is 16.7. The first-order valence-corrected chi connectivity index (χ1v) is 8.19. The fraction of sp³-hybridized carbons (Fsp3) is 0.400. The lowest BCUT2D eigenvalue weighted by Crippen LogP contribution is -2.36. The quantitative estimate of drug-likeness (QED) is 0.836. The molecule has 3 heteroatoms. The standard InChI is InChI=1S/C11H15NO.C9H13N/c1-10-2-4-11(5-3-10)12-6-8-13-9-7-12;1-8-4-6-9(7-5-8)10(2)3/h2-5H,6-9H2,1H3;4-7H,1-3H3. The smallest absolute Gasteiger partial charge is 0.0642 e. The van der Waals surface area contributed by atoms with Crippen molar-refractivity contribution in [3.05, 3.63) is 59.7 Å². The van der Waals surface area contributed by atoms with Gasteiger partial charge in [-0.2, -0.15) is 0 Å². The predicted octanol–water partition coefficient (Wildman–Crippen LogP) is 3.89.